The van der Waals surface area contributed by atoms with Crippen LogP contribution in [0.25, 0.3) is 0 Å². The molecule has 2 aliphatic rings. The minimum atomic E-state index is 0.0149. The number of hydrogen-bond donors (Lipinski definition) is 1. The molecule has 16 heavy (non-hydrogen) atoms. The van der Waals surface area contributed by atoms with Crippen molar-refractivity contribution in [3.63, 3.8) is 0 Å². The summed E-state index contributed by atoms with van der Waals surface area (Å²) < 4.78 is 10.5. The lowest BCUT2D eigenvalue weighted by molar-refractivity contribution is -0.0494. The first-order valence-corrected chi connectivity index (χ1v) is 5.86. The lowest BCUT2D eigenvalue weighted by Crippen LogP contribution is -2.51. The van der Waals surface area contributed by atoms with Crippen molar-refractivity contribution in [1.82, 2.24) is 10.2 Å². The fraction of sp³-hybridized carbons (Fsp3) is 0.909. The standard InChI is InChI=1S/C11H20N2O3/c1-8-5-10(8)12-11(14)13-3-4-16-9(6-13)7-15-2/h8-10H,3-7H2,1-2H3,(H,12,14). The molecular formula is C11H20N2O3. The van der Waals surface area contributed by atoms with Crippen LogP contribution < -0.4 is 5.32 Å². The van der Waals surface area contributed by atoms with Crippen molar-refractivity contribution in [2.45, 2.75) is 25.5 Å². The van der Waals surface area contributed by atoms with Crippen LogP contribution in [0.2, 0.25) is 0 Å². The summed E-state index contributed by atoms with van der Waals surface area (Å²) in [5.74, 6) is 0.639. The second kappa shape index (κ2) is 5.01. The summed E-state index contributed by atoms with van der Waals surface area (Å²) >= 11 is 0. The molecule has 0 aromatic rings. The van der Waals surface area contributed by atoms with Gasteiger partial charge in [-0.25, -0.2) is 4.79 Å². The Bertz CT molecular complexity index is 258. The van der Waals surface area contributed by atoms with Crippen LogP contribution in [-0.2, 0) is 9.47 Å². The van der Waals surface area contributed by atoms with Crippen LogP contribution in [0.4, 0.5) is 4.79 Å². The Morgan fingerprint density at radius 3 is 3.00 bits per heavy atom. The third kappa shape index (κ3) is 2.86. The van der Waals surface area contributed by atoms with Gasteiger partial charge in [0.25, 0.3) is 0 Å². The van der Waals surface area contributed by atoms with E-state index in [1.165, 1.54) is 0 Å². The Hall–Kier alpha value is -0.810. The lowest BCUT2D eigenvalue weighted by atomic mass is 10.3. The molecule has 1 aliphatic heterocycles. The molecule has 2 rings (SSSR count). The van der Waals surface area contributed by atoms with E-state index < -0.39 is 0 Å². The Morgan fingerprint density at radius 1 is 1.62 bits per heavy atom. The molecule has 2 fully saturated rings. The molecule has 0 bridgehead atoms. The van der Waals surface area contributed by atoms with Gasteiger partial charge in [0.05, 0.1) is 25.9 Å². The third-order valence-electron chi connectivity index (χ3n) is 3.20. The summed E-state index contributed by atoms with van der Waals surface area (Å²) in [4.78, 5) is 13.7. The van der Waals surface area contributed by atoms with Gasteiger partial charge in [-0.3, -0.25) is 0 Å². The molecule has 0 aromatic carbocycles. The van der Waals surface area contributed by atoms with Crippen molar-refractivity contribution in [3.05, 3.63) is 0 Å². The van der Waals surface area contributed by atoms with E-state index in [1.54, 1.807) is 7.11 Å². The molecule has 1 heterocycles. The average Bonchev–Trinajstić information content (AvgIpc) is 2.95. The largest absolute Gasteiger partial charge is 0.382 e. The fourth-order valence-corrected chi connectivity index (χ4v) is 1.96. The first-order valence-electron chi connectivity index (χ1n) is 5.86. The number of urea groups is 1. The van der Waals surface area contributed by atoms with Crippen LogP contribution in [-0.4, -0.2) is 56.5 Å². The van der Waals surface area contributed by atoms with Crippen LogP contribution >= 0.6 is 0 Å². The number of carbonyl (C=O) groups excluding carboxylic acids is 1. The number of methoxy groups -OCH3 is 1. The Labute approximate surface area is 96.1 Å². The van der Waals surface area contributed by atoms with E-state index in [1.807, 2.05) is 4.90 Å². The highest BCUT2D eigenvalue weighted by atomic mass is 16.5. The van der Waals surface area contributed by atoms with E-state index in [9.17, 15) is 4.79 Å². The van der Waals surface area contributed by atoms with Gasteiger partial charge in [0.2, 0.25) is 0 Å². The Morgan fingerprint density at radius 2 is 2.38 bits per heavy atom. The number of amides is 2. The molecule has 1 saturated carbocycles. The van der Waals surface area contributed by atoms with Crippen LogP contribution in [0, 0.1) is 5.92 Å². The number of ether oxygens (including phenoxy) is 2. The van der Waals surface area contributed by atoms with Gasteiger partial charge in [-0.2, -0.15) is 0 Å². The number of hydrogen-bond acceptors (Lipinski definition) is 3. The Balaban J connectivity index is 1.77. The van der Waals surface area contributed by atoms with Gasteiger partial charge in [0, 0.05) is 19.7 Å². The SMILES string of the molecule is COCC1CN(C(=O)NC2CC2C)CCO1. The molecular weight excluding hydrogens is 208 g/mol. The molecule has 0 aromatic heterocycles. The average molecular weight is 228 g/mol. The van der Waals surface area contributed by atoms with E-state index in [-0.39, 0.29) is 12.1 Å². The third-order valence-corrected chi connectivity index (χ3v) is 3.20. The van der Waals surface area contributed by atoms with Crippen molar-refractivity contribution in [1.29, 1.82) is 0 Å². The van der Waals surface area contributed by atoms with Gasteiger partial charge < -0.3 is 19.7 Å². The molecule has 5 heteroatoms. The summed E-state index contributed by atoms with van der Waals surface area (Å²) in [7, 11) is 1.65. The zero-order valence-electron chi connectivity index (χ0n) is 9.94. The number of nitrogens with one attached hydrogen (secondary N) is 1. The molecule has 92 valence electrons. The van der Waals surface area contributed by atoms with Gasteiger partial charge in [-0.05, 0) is 12.3 Å². The Kier molecular flexibility index (Phi) is 3.66. The van der Waals surface area contributed by atoms with E-state index in [4.69, 9.17) is 9.47 Å². The molecule has 1 saturated heterocycles. The monoisotopic (exact) mass is 228 g/mol. The zero-order valence-corrected chi connectivity index (χ0v) is 9.94. The summed E-state index contributed by atoms with van der Waals surface area (Å²) in [5, 5.41) is 3.03. The van der Waals surface area contributed by atoms with Crippen LogP contribution in [0.1, 0.15) is 13.3 Å². The van der Waals surface area contributed by atoms with Gasteiger partial charge in [0.15, 0.2) is 0 Å². The highest BCUT2D eigenvalue weighted by Gasteiger charge is 2.35. The van der Waals surface area contributed by atoms with Crippen LogP contribution in [0.3, 0.4) is 0 Å². The zero-order chi connectivity index (χ0) is 11.5. The number of morpholine rings is 1. The van der Waals surface area contributed by atoms with Gasteiger partial charge in [-0.15, -0.1) is 0 Å². The molecule has 1 N–H and O–H groups in total. The first kappa shape index (κ1) is 11.7. The van der Waals surface area contributed by atoms with Crippen molar-refractivity contribution < 1.29 is 14.3 Å². The van der Waals surface area contributed by atoms with E-state index in [2.05, 4.69) is 12.2 Å². The quantitative estimate of drug-likeness (QED) is 0.763. The van der Waals surface area contributed by atoms with E-state index in [0.717, 1.165) is 6.42 Å². The van der Waals surface area contributed by atoms with Gasteiger partial charge >= 0.3 is 6.03 Å². The number of nitrogens with zero attached hydrogens (tertiary/aromatic N) is 1. The molecule has 0 spiro atoms. The second-order valence-electron chi connectivity index (χ2n) is 4.66. The summed E-state index contributed by atoms with van der Waals surface area (Å²) in [5.41, 5.74) is 0. The van der Waals surface area contributed by atoms with Crippen molar-refractivity contribution in [3.8, 4) is 0 Å². The molecule has 5 nitrogen and oxygen atoms in total. The van der Waals surface area contributed by atoms with Crippen LogP contribution in [0.15, 0.2) is 0 Å². The van der Waals surface area contributed by atoms with Crippen LogP contribution in [0.5, 0.6) is 0 Å². The van der Waals surface area contributed by atoms with Gasteiger partial charge in [-0.1, -0.05) is 6.92 Å². The predicted molar refractivity (Wildman–Crippen MR) is 59.3 cm³/mol. The number of carbonyl (C=O) groups is 1. The van der Waals surface area contributed by atoms with Gasteiger partial charge in [0.1, 0.15) is 0 Å². The van der Waals surface area contributed by atoms with Crippen molar-refractivity contribution >= 4 is 6.03 Å². The van der Waals surface area contributed by atoms with E-state index in [0.29, 0.717) is 38.3 Å². The lowest BCUT2D eigenvalue weighted by Gasteiger charge is -2.32. The summed E-state index contributed by atoms with van der Waals surface area (Å²) in [6.07, 6.45) is 1.12. The maximum absolute atomic E-state index is 11.9. The smallest absolute Gasteiger partial charge is 0.317 e. The summed E-state index contributed by atoms with van der Waals surface area (Å²) in [6.45, 7) is 4.59. The fourth-order valence-electron chi connectivity index (χ4n) is 1.96. The van der Waals surface area contributed by atoms with Crippen molar-refractivity contribution in [2.24, 2.45) is 5.92 Å². The molecule has 2 amide bonds. The first-order chi connectivity index (χ1) is 7.70. The maximum atomic E-state index is 11.9. The highest BCUT2D eigenvalue weighted by Crippen LogP contribution is 2.29. The minimum absolute atomic E-state index is 0.0149. The van der Waals surface area contributed by atoms with E-state index >= 15 is 0 Å². The van der Waals surface area contributed by atoms with Crippen molar-refractivity contribution in [2.75, 3.05) is 33.4 Å². The number of rotatable bonds is 3. The maximum Gasteiger partial charge on any atom is 0.317 e. The minimum Gasteiger partial charge on any atom is -0.382 e. The molecule has 3 atom stereocenters. The highest BCUT2D eigenvalue weighted by molar-refractivity contribution is 5.75. The predicted octanol–water partition coefficient (Wildman–Crippen LogP) is 0.452. The molecule has 1 aliphatic carbocycles. The molecule has 0 radical (unpaired) electrons. The second-order valence-corrected chi connectivity index (χ2v) is 4.66. The molecule has 3 unspecified atom stereocenters. The summed E-state index contributed by atoms with van der Waals surface area (Å²) in [6, 6.07) is 0.426. The normalized spacial score (nSPS) is 33.6. The topological polar surface area (TPSA) is 50.8 Å².